The second-order valence-electron chi connectivity index (χ2n) is 5.77. The Hall–Kier alpha value is -3.34. The lowest BCUT2D eigenvalue weighted by Crippen LogP contribution is -2.26. The SMILES string of the molecule is COc1ccc(Nc2ccnc(C(=O)NCCc3ccccc3)c2)cc1. The third-order valence-electron chi connectivity index (χ3n) is 3.91. The van der Waals surface area contributed by atoms with Crippen LogP contribution in [0, 0.1) is 0 Å². The Bertz CT molecular complexity index is 849. The molecule has 0 fully saturated rings. The van der Waals surface area contributed by atoms with Crippen LogP contribution in [0.4, 0.5) is 11.4 Å². The van der Waals surface area contributed by atoms with Gasteiger partial charge in [-0.3, -0.25) is 9.78 Å². The number of benzene rings is 2. The molecule has 132 valence electrons. The van der Waals surface area contributed by atoms with Crippen molar-refractivity contribution in [2.45, 2.75) is 6.42 Å². The predicted octanol–water partition coefficient (Wildman–Crippen LogP) is 3.81. The maximum absolute atomic E-state index is 12.3. The van der Waals surface area contributed by atoms with Crippen molar-refractivity contribution in [1.82, 2.24) is 10.3 Å². The Kier molecular flexibility index (Phi) is 5.83. The van der Waals surface area contributed by atoms with Crippen LogP contribution in [-0.4, -0.2) is 24.5 Å². The average molecular weight is 347 g/mol. The molecule has 2 aromatic carbocycles. The molecular formula is C21H21N3O2. The van der Waals surface area contributed by atoms with Gasteiger partial charge in [0.1, 0.15) is 11.4 Å². The van der Waals surface area contributed by atoms with Crippen LogP contribution in [0.5, 0.6) is 5.75 Å². The number of nitrogens with zero attached hydrogens (tertiary/aromatic N) is 1. The molecule has 1 aromatic heterocycles. The minimum Gasteiger partial charge on any atom is -0.497 e. The van der Waals surface area contributed by atoms with Gasteiger partial charge in [0.2, 0.25) is 0 Å². The quantitative estimate of drug-likeness (QED) is 0.682. The van der Waals surface area contributed by atoms with Crippen LogP contribution >= 0.6 is 0 Å². The van der Waals surface area contributed by atoms with Gasteiger partial charge in [0.15, 0.2) is 0 Å². The van der Waals surface area contributed by atoms with Gasteiger partial charge in [-0.15, -0.1) is 0 Å². The zero-order valence-electron chi connectivity index (χ0n) is 14.6. The zero-order valence-corrected chi connectivity index (χ0v) is 14.6. The number of hydrogen-bond donors (Lipinski definition) is 2. The first-order valence-corrected chi connectivity index (χ1v) is 8.44. The van der Waals surface area contributed by atoms with Gasteiger partial charge in [-0.2, -0.15) is 0 Å². The molecule has 26 heavy (non-hydrogen) atoms. The number of ether oxygens (including phenoxy) is 1. The fourth-order valence-corrected chi connectivity index (χ4v) is 2.53. The minimum absolute atomic E-state index is 0.181. The summed E-state index contributed by atoms with van der Waals surface area (Å²) in [6.07, 6.45) is 2.41. The largest absolute Gasteiger partial charge is 0.497 e. The number of carbonyl (C=O) groups excluding carboxylic acids is 1. The molecule has 0 aliphatic heterocycles. The first-order valence-electron chi connectivity index (χ1n) is 8.44. The highest BCUT2D eigenvalue weighted by Crippen LogP contribution is 2.20. The number of hydrogen-bond acceptors (Lipinski definition) is 4. The molecule has 0 atom stereocenters. The van der Waals surface area contributed by atoms with Gasteiger partial charge in [-0.25, -0.2) is 0 Å². The van der Waals surface area contributed by atoms with Crippen LogP contribution in [0.2, 0.25) is 0 Å². The van der Waals surface area contributed by atoms with Crippen LogP contribution in [-0.2, 0) is 6.42 Å². The van der Waals surface area contributed by atoms with Crippen LogP contribution in [0.1, 0.15) is 16.1 Å². The van der Waals surface area contributed by atoms with Crippen molar-refractivity contribution < 1.29 is 9.53 Å². The molecule has 0 radical (unpaired) electrons. The second kappa shape index (κ2) is 8.67. The van der Waals surface area contributed by atoms with Crippen molar-refractivity contribution in [1.29, 1.82) is 0 Å². The standard InChI is InChI=1S/C21H21N3O2/c1-26-19-9-7-17(8-10-19)24-18-12-14-22-20(15-18)21(25)23-13-11-16-5-3-2-4-6-16/h2-10,12,14-15H,11,13H2,1H3,(H,22,24)(H,23,25). The van der Waals surface area contributed by atoms with E-state index in [0.29, 0.717) is 12.2 Å². The van der Waals surface area contributed by atoms with Gasteiger partial charge in [0, 0.05) is 24.1 Å². The molecule has 0 saturated carbocycles. The molecule has 0 spiro atoms. The van der Waals surface area contributed by atoms with Crippen LogP contribution in [0.3, 0.4) is 0 Å². The molecule has 0 saturated heterocycles. The first kappa shape index (κ1) is 17.5. The van der Waals surface area contributed by atoms with E-state index in [9.17, 15) is 4.79 Å². The van der Waals surface area contributed by atoms with Crippen LogP contribution < -0.4 is 15.4 Å². The molecular weight excluding hydrogens is 326 g/mol. The van der Waals surface area contributed by atoms with Gasteiger partial charge >= 0.3 is 0 Å². The fraction of sp³-hybridized carbons (Fsp3) is 0.143. The number of aromatic nitrogens is 1. The maximum Gasteiger partial charge on any atom is 0.269 e. The molecule has 3 rings (SSSR count). The zero-order chi connectivity index (χ0) is 18.2. The van der Waals surface area contributed by atoms with E-state index in [1.807, 2.05) is 60.7 Å². The number of rotatable bonds is 7. The summed E-state index contributed by atoms with van der Waals surface area (Å²) in [5.41, 5.74) is 3.29. The summed E-state index contributed by atoms with van der Waals surface area (Å²) in [7, 11) is 1.63. The molecule has 1 heterocycles. The summed E-state index contributed by atoms with van der Waals surface area (Å²) in [5, 5.41) is 6.16. The van der Waals surface area contributed by atoms with Crippen molar-refractivity contribution in [2.75, 3.05) is 19.0 Å². The Morgan fingerprint density at radius 1 is 1.00 bits per heavy atom. The highest BCUT2D eigenvalue weighted by atomic mass is 16.5. The first-order chi connectivity index (χ1) is 12.7. The number of anilines is 2. The van der Waals surface area contributed by atoms with Gasteiger partial charge in [-0.1, -0.05) is 30.3 Å². The van der Waals surface area contributed by atoms with Gasteiger partial charge < -0.3 is 15.4 Å². The van der Waals surface area contributed by atoms with Gasteiger partial charge in [0.25, 0.3) is 5.91 Å². The third-order valence-corrected chi connectivity index (χ3v) is 3.91. The summed E-state index contributed by atoms with van der Waals surface area (Å²) in [5.74, 6) is 0.614. The number of carbonyl (C=O) groups is 1. The van der Waals surface area contributed by atoms with E-state index in [-0.39, 0.29) is 5.91 Å². The molecule has 5 nitrogen and oxygen atoms in total. The topological polar surface area (TPSA) is 63.2 Å². The lowest BCUT2D eigenvalue weighted by molar-refractivity contribution is 0.0949. The summed E-state index contributed by atoms with van der Waals surface area (Å²) >= 11 is 0. The van der Waals surface area contributed by atoms with Crippen LogP contribution in [0.25, 0.3) is 0 Å². The van der Waals surface area contributed by atoms with E-state index in [0.717, 1.165) is 23.5 Å². The summed E-state index contributed by atoms with van der Waals surface area (Å²) in [6.45, 7) is 0.570. The Labute approximate surface area is 153 Å². The van der Waals surface area contributed by atoms with E-state index in [1.165, 1.54) is 5.56 Å². The fourth-order valence-electron chi connectivity index (χ4n) is 2.53. The lowest BCUT2D eigenvalue weighted by Gasteiger charge is -2.09. The Balaban J connectivity index is 1.58. The summed E-state index contributed by atoms with van der Waals surface area (Å²) < 4.78 is 5.15. The van der Waals surface area contributed by atoms with Gasteiger partial charge in [0.05, 0.1) is 7.11 Å². The van der Waals surface area contributed by atoms with Gasteiger partial charge in [-0.05, 0) is 48.4 Å². The van der Waals surface area contributed by atoms with Crippen molar-refractivity contribution in [3.8, 4) is 5.75 Å². The normalized spacial score (nSPS) is 10.2. The third kappa shape index (κ3) is 4.83. The molecule has 1 amide bonds. The smallest absolute Gasteiger partial charge is 0.269 e. The number of amides is 1. The maximum atomic E-state index is 12.3. The van der Waals surface area contributed by atoms with E-state index in [2.05, 4.69) is 15.6 Å². The molecule has 0 unspecified atom stereocenters. The monoisotopic (exact) mass is 347 g/mol. The van der Waals surface area contributed by atoms with Crippen molar-refractivity contribution in [3.63, 3.8) is 0 Å². The second-order valence-corrected chi connectivity index (χ2v) is 5.77. The molecule has 3 aromatic rings. The average Bonchev–Trinajstić information content (AvgIpc) is 2.69. The van der Waals surface area contributed by atoms with Crippen LogP contribution in [0.15, 0.2) is 72.9 Å². The summed E-state index contributed by atoms with van der Waals surface area (Å²) in [6, 6.07) is 21.2. The molecule has 2 N–H and O–H groups in total. The van der Waals surface area contributed by atoms with Crippen molar-refractivity contribution in [2.24, 2.45) is 0 Å². The molecule has 0 aliphatic carbocycles. The Morgan fingerprint density at radius 2 is 1.77 bits per heavy atom. The van der Waals surface area contributed by atoms with E-state index < -0.39 is 0 Å². The highest BCUT2D eigenvalue weighted by molar-refractivity contribution is 5.93. The minimum atomic E-state index is -0.181. The molecule has 5 heteroatoms. The highest BCUT2D eigenvalue weighted by Gasteiger charge is 2.08. The van der Waals surface area contributed by atoms with Crippen molar-refractivity contribution in [3.05, 3.63) is 84.2 Å². The van der Waals surface area contributed by atoms with Crippen molar-refractivity contribution >= 4 is 17.3 Å². The number of nitrogens with one attached hydrogen (secondary N) is 2. The predicted molar refractivity (Wildman–Crippen MR) is 103 cm³/mol. The number of pyridine rings is 1. The molecule has 0 aliphatic rings. The number of methoxy groups -OCH3 is 1. The summed E-state index contributed by atoms with van der Waals surface area (Å²) in [4.78, 5) is 16.5. The van der Waals surface area contributed by atoms with E-state index >= 15 is 0 Å². The van der Waals surface area contributed by atoms with E-state index in [1.54, 1.807) is 19.4 Å². The van der Waals surface area contributed by atoms with E-state index in [4.69, 9.17) is 4.74 Å². The lowest BCUT2D eigenvalue weighted by atomic mass is 10.1. The molecule has 0 bridgehead atoms. The Morgan fingerprint density at radius 3 is 2.50 bits per heavy atom.